The molecule has 1 amide bonds. The molecule has 1 heterocycles. The number of thiazole rings is 1. The van der Waals surface area contributed by atoms with Crippen molar-refractivity contribution in [2.75, 3.05) is 6.26 Å². The van der Waals surface area contributed by atoms with E-state index < -0.39 is 0 Å². The Morgan fingerprint density at radius 1 is 1.27 bits per heavy atom. The molecule has 0 saturated heterocycles. The molecule has 1 aromatic heterocycles. The van der Waals surface area contributed by atoms with E-state index >= 15 is 0 Å². The van der Waals surface area contributed by atoms with E-state index in [1.54, 1.807) is 17.8 Å². The summed E-state index contributed by atoms with van der Waals surface area (Å²) >= 11 is 6.67. The fourth-order valence-corrected chi connectivity index (χ4v) is 4.44. The molecule has 0 aliphatic carbocycles. The smallest absolute Gasteiger partial charge is 0.279 e. The van der Waals surface area contributed by atoms with Gasteiger partial charge in [-0.3, -0.25) is 4.79 Å². The van der Waals surface area contributed by atoms with Crippen LogP contribution < -0.4 is 4.80 Å². The van der Waals surface area contributed by atoms with Crippen molar-refractivity contribution in [3.63, 3.8) is 0 Å². The first kappa shape index (κ1) is 15.5. The van der Waals surface area contributed by atoms with Crippen molar-refractivity contribution in [1.82, 2.24) is 4.57 Å². The lowest BCUT2D eigenvalue weighted by Gasteiger charge is -1.99. The van der Waals surface area contributed by atoms with Crippen molar-refractivity contribution < 1.29 is 4.79 Å². The number of hydrogen-bond donors (Lipinski definition) is 0. The Labute approximate surface area is 144 Å². The molecule has 0 unspecified atom stereocenters. The Morgan fingerprint density at radius 2 is 2.05 bits per heavy atom. The predicted octanol–water partition coefficient (Wildman–Crippen LogP) is 4.47. The number of hydrogen-bond acceptors (Lipinski definition) is 3. The molecule has 112 valence electrons. The van der Waals surface area contributed by atoms with Gasteiger partial charge in [-0.15, -0.1) is 11.8 Å². The Bertz CT molecular complexity index is 927. The average molecular weight is 393 g/mol. The van der Waals surface area contributed by atoms with Gasteiger partial charge in [0.05, 0.1) is 10.2 Å². The van der Waals surface area contributed by atoms with Crippen LogP contribution in [-0.4, -0.2) is 16.7 Å². The first-order valence-electron chi connectivity index (χ1n) is 6.57. The molecule has 0 aliphatic rings. The summed E-state index contributed by atoms with van der Waals surface area (Å²) in [5, 5.41) is 0. The Kier molecular flexibility index (Phi) is 4.52. The average Bonchev–Trinajstić information content (AvgIpc) is 2.85. The number of nitrogens with zero attached hydrogens (tertiary/aromatic N) is 2. The number of rotatable bonds is 2. The molecule has 0 fully saturated rings. The molecule has 2 aromatic carbocycles. The number of aryl methyl sites for hydroxylation is 1. The SMILES string of the molecule is CSc1cccc(C(=O)N=c2sc3cccc(Br)c3n2C)c1. The van der Waals surface area contributed by atoms with E-state index in [1.807, 2.05) is 54.3 Å². The van der Waals surface area contributed by atoms with Crippen LogP contribution in [0, 0.1) is 0 Å². The van der Waals surface area contributed by atoms with Gasteiger partial charge >= 0.3 is 0 Å². The number of halogens is 1. The van der Waals surface area contributed by atoms with Gasteiger partial charge in [-0.1, -0.05) is 23.5 Å². The lowest BCUT2D eigenvalue weighted by atomic mass is 10.2. The predicted molar refractivity (Wildman–Crippen MR) is 96.6 cm³/mol. The van der Waals surface area contributed by atoms with Crippen LogP contribution in [0.4, 0.5) is 0 Å². The molecular weight excluding hydrogens is 380 g/mol. The number of thioether (sulfide) groups is 1. The zero-order valence-electron chi connectivity index (χ0n) is 12.0. The zero-order chi connectivity index (χ0) is 15.7. The second kappa shape index (κ2) is 6.40. The molecule has 0 radical (unpaired) electrons. The van der Waals surface area contributed by atoms with Crippen molar-refractivity contribution in [3.05, 3.63) is 57.3 Å². The van der Waals surface area contributed by atoms with E-state index in [-0.39, 0.29) is 5.91 Å². The van der Waals surface area contributed by atoms with Crippen LogP contribution in [-0.2, 0) is 7.05 Å². The summed E-state index contributed by atoms with van der Waals surface area (Å²) in [6.07, 6.45) is 1.99. The number of fused-ring (bicyclic) bond motifs is 1. The largest absolute Gasteiger partial charge is 0.318 e. The highest BCUT2D eigenvalue weighted by Crippen LogP contribution is 2.25. The maximum absolute atomic E-state index is 12.4. The van der Waals surface area contributed by atoms with Crippen molar-refractivity contribution in [2.24, 2.45) is 12.0 Å². The molecule has 3 aromatic rings. The maximum atomic E-state index is 12.4. The van der Waals surface area contributed by atoms with Gasteiger partial charge in [0.1, 0.15) is 0 Å². The number of carbonyl (C=O) groups is 1. The first-order valence-corrected chi connectivity index (χ1v) is 9.40. The van der Waals surface area contributed by atoms with Gasteiger partial charge in [0.15, 0.2) is 4.80 Å². The van der Waals surface area contributed by atoms with Crippen LogP contribution in [0.1, 0.15) is 10.4 Å². The van der Waals surface area contributed by atoms with Crippen molar-refractivity contribution in [1.29, 1.82) is 0 Å². The molecule has 22 heavy (non-hydrogen) atoms. The third-order valence-electron chi connectivity index (χ3n) is 3.29. The minimum Gasteiger partial charge on any atom is -0.318 e. The number of para-hydroxylation sites is 1. The van der Waals surface area contributed by atoms with E-state index in [1.165, 1.54) is 11.3 Å². The summed E-state index contributed by atoms with van der Waals surface area (Å²) in [6, 6.07) is 13.5. The molecular formula is C16H13BrN2OS2. The number of carbonyl (C=O) groups excluding carboxylic acids is 1. The summed E-state index contributed by atoms with van der Waals surface area (Å²) in [5.74, 6) is -0.214. The standard InChI is InChI=1S/C16H13BrN2OS2/c1-19-14-12(17)7-4-8-13(14)22-16(19)18-15(20)10-5-3-6-11(9-10)21-2/h3-9H,1-2H3. The topological polar surface area (TPSA) is 34.4 Å². The quantitative estimate of drug-likeness (QED) is 0.603. The summed E-state index contributed by atoms with van der Waals surface area (Å²) in [5.41, 5.74) is 1.67. The molecule has 0 bridgehead atoms. The molecule has 0 saturated carbocycles. The van der Waals surface area contributed by atoms with Gasteiger partial charge in [-0.2, -0.15) is 4.99 Å². The van der Waals surface area contributed by atoms with Gasteiger partial charge in [-0.25, -0.2) is 0 Å². The van der Waals surface area contributed by atoms with E-state index in [0.29, 0.717) is 10.4 Å². The summed E-state index contributed by atoms with van der Waals surface area (Å²) in [4.78, 5) is 18.5. The minimum absolute atomic E-state index is 0.214. The van der Waals surface area contributed by atoms with Crippen LogP contribution >= 0.6 is 39.0 Å². The lowest BCUT2D eigenvalue weighted by molar-refractivity contribution is 0.0997. The maximum Gasteiger partial charge on any atom is 0.279 e. The molecule has 0 aliphatic heterocycles. The van der Waals surface area contributed by atoms with Crippen molar-refractivity contribution in [2.45, 2.75) is 4.90 Å². The highest BCUT2D eigenvalue weighted by Gasteiger charge is 2.09. The van der Waals surface area contributed by atoms with Crippen LogP contribution in [0.5, 0.6) is 0 Å². The molecule has 0 atom stereocenters. The summed E-state index contributed by atoms with van der Waals surface area (Å²) in [7, 11) is 1.92. The van der Waals surface area contributed by atoms with Crippen molar-refractivity contribution >= 4 is 55.2 Å². The van der Waals surface area contributed by atoms with Crippen molar-refractivity contribution in [3.8, 4) is 0 Å². The molecule has 6 heteroatoms. The molecule has 0 spiro atoms. The van der Waals surface area contributed by atoms with E-state index in [0.717, 1.165) is 19.6 Å². The lowest BCUT2D eigenvalue weighted by Crippen LogP contribution is -2.13. The monoisotopic (exact) mass is 392 g/mol. The minimum atomic E-state index is -0.214. The number of amides is 1. The zero-order valence-corrected chi connectivity index (χ0v) is 15.3. The van der Waals surface area contributed by atoms with E-state index in [9.17, 15) is 4.79 Å². The first-order chi connectivity index (χ1) is 10.6. The number of benzene rings is 2. The van der Waals surface area contributed by atoms with Gasteiger partial charge in [0, 0.05) is 22.0 Å². The van der Waals surface area contributed by atoms with Gasteiger partial charge in [0.25, 0.3) is 5.91 Å². The van der Waals surface area contributed by atoms with Crippen LogP contribution in [0.15, 0.2) is 56.8 Å². The Morgan fingerprint density at radius 3 is 2.77 bits per heavy atom. The summed E-state index contributed by atoms with van der Waals surface area (Å²) < 4.78 is 4.05. The highest BCUT2D eigenvalue weighted by molar-refractivity contribution is 9.10. The fraction of sp³-hybridized carbons (Fsp3) is 0.125. The van der Waals surface area contributed by atoms with E-state index in [2.05, 4.69) is 20.9 Å². The molecule has 3 rings (SSSR count). The molecule has 0 N–H and O–H groups in total. The Hall–Kier alpha value is -1.37. The van der Waals surface area contributed by atoms with Gasteiger partial charge in [-0.05, 0) is 52.5 Å². The second-order valence-corrected chi connectivity index (χ2v) is 7.42. The second-order valence-electron chi connectivity index (χ2n) is 4.68. The normalized spacial score (nSPS) is 12.0. The van der Waals surface area contributed by atoms with Gasteiger partial charge in [0.2, 0.25) is 0 Å². The van der Waals surface area contributed by atoms with E-state index in [4.69, 9.17) is 0 Å². The fourth-order valence-electron chi connectivity index (χ4n) is 2.17. The van der Waals surface area contributed by atoms with Crippen LogP contribution in [0.2, 0.25) is 0 Å². The third kappa shape index (κ3) is 2.91. The number of aromatic nitrogens is 1. The Balaban J connectivity index is 2.10. The third-order valence-corrected chi connectivity index (χ3v) is 5.75. The molecule has 3 nitrogen and oxygen atoms in total. The highest BCUT2D eigenvalue weighted by atomic mass is 79.9. The summed E-state index contributed by atoms with van der Waals surface area (Å²) in [6.45, 7) is 0. The van der Waals surface area contributed by atoms with Gasteiger partial charge < -0.3 is 4.57 Å². The van der Waals surface area contributed by atoms with Crippen LogP contribution in [0.3, 0.4) is 0 Å². The van der Waals surface area contributed by atoms with Crippen LogP contribution in [0.25, 0.3) is 10.2 Å².